The molecule has 0 radical (unpaired) electrons. The van der Waals surface area contributed by atoms with E-state index in [1.807, 2.05) is 0 Å². The topological polar surface area (TPSA) is 87.0 Å². The average molecular weight is 274 g/mol. The first-order valence-corrected chi connectivity index (χ1v) is 5.66. The fourth-order valence-electron chi connectivity index (χ4n) is 0.768. The van der Waals surface area contributed by atoms with Crippen molar-refractivity contribution in [2.45, 2.75) is 35.3 Å². The lowest BCUT2D eigenvalue weighted by molar-refractivity contribution is -0.355. The van der Waals surface area contributed by atoms with E-state index in [4.69, 9.17) is 15.3 Å². The van der Waals surface area contributed by atoms with Crippen LogP contribution in [0.1, 0.15) is 13.3 Å². The van der Waals surface area contributed by atoms with Crippen LogP contribution < -0.4 is 0 Å². The number of hydrogen-bond acceptors (Lipinski definition) is 8. The second kappa shape index (κ2) is 6.21. The Morgan fingerprint density at radius 1 is 1.33 bits per heavy atom. The highest BCUT2D eigenvalue weighted by Crippen LogP contribution is 2.18. The maximum atomic E-state index is 11.3. The molecule has 0 aromatic heterocycles. The number of ether oxygens (including phenoxy) is 1. The summed E-state index contributed by atoms with van der Waals surface area (Å²) in [6.07, 6.45) is -1.39. The van der Waals surface area contributed by atoms with Crippen molar-refractivity contribution < 1.29 is 24.9 Å². The normalized spacial score (nSPS) is 16.3. The van der Waals surface area contributed by atoms with E-state index in [1.165, 1.54) is 6.92 Å². The van der Waals surface area contributed by atoms with Crippen molar-refractivity contribution in [1.29, 1.82) is 0 Å². The molecule has 0 aromatic rings. The third-order valence-electron chi connectivity index (χ3n) is 1.59. The van der Waals surface area contributed by atoms with Gasteiger partial charge in [-0.15, -0.1) is 0 Å². The lowest BCUT2D eigenvalue weighted by atomic mass is 10.2. The number of carbonyl (C=O) groups is 1. The summed E-state index contributed by atoms with van der Waals surface area (Å²) >= 11 is 11.6. The van der Waals surface area contributed by atoms with E-state index in [2.05, 4.69) is 42.6 Å². The van der Waals surface area contributed by atoms with Gasteiger partial charge in [0.15, 0.2) is 6.10 Å². The molecular formula is C7H14O5S3. The van der Waals surface area contributed by atoms with Gasteiger partial charge in [0.1, 0.15) is 5.25 Å². The summed E-state index contributed by atoms with van der Waals surface area (Å²) in [4.78, 5) is 11.3. The van der Waals surface area contributed by atoms with Crippen LogP contribution in [0.2, 0.25) is 0 Å². The van der Waals surface area contributed by atoms with Crippen molar-refractivity contribution in [2.24, 2.45) is 0 Å². The summed E-state index contributed by atoms with van der Waals surface area (Å²) in [5.74, 6) is -3.89. The van der Waals surface area contributed by atoms with Gasteiger partial charge in [0.05, 0.1) is 4.58 Å². The molecule has 0 aliphatic carbocycles. The van der Waals surface area contributed by atoms with Gasteiger partial charge in [-0.05, 0) is 6.42 Å². The molecule has 90 valence electrons. The van der Waals surface area contributed by atoms with Gasteiger partial charge >= 0.3 is 11.9 Å². The minimum atomic E-state index is -3.05. The minimum absolute atomic E-state index is 0.0412. The molecule has 0 bridgehead atoms. The van der Waals surface area contributed by atoms with E-state index in [1.54, 1.807) is 0 Å². The van der Waals surface area contributed by atoms with Crippen LogP contribution in [0.4, 0.5) is 0 Å². The van der Waals surface area contributed by atoms with Gasteiger partial charge in [-0.25, -0.2) is 0 Å². The molecule has 2 atom stereocenters. The molecule has 3 N–H and O–H groups in total. The van der Waals surface area contributed by atoms with Crippen molar-refractivity contribution in [3.05, 3.63) is 0 Å². The fourth-order valence-corrected chi connectivity index (χ4v) is 1.07. The first kappa shape index (κ1) is 15.4. The molecule has 15 heavy (non-hydrogen) atoms. The van der Waals surface area contributed by atoms with Gasteiger partial charge in [0, 0.05) is 0 Å². The largest absolute Gasteiger partial charge is 0.453 e. The highest BCUT2D eigenvalue weighted by molar-refractivity contribution is 8.00. The predicted octanol–water partition coefficient (Wildman–Crippen LogP) is -0.577. The molecule has 5 nitrogen and oxygen atoms in total. The molecule has 0 aliphatic heterocycles. The Hall–Kier alpha value is 0.400. The quantitative estimate of drug-likeness (QED) is 0.230. The Balaban J connectivity index is 4.38. The fraction of sp³-hybridized carbons (Fsp3) is 0.857. The standard InChI is InChI=1S/C7H14O5S3/c1-2-3(7(9,10)11)12-5(8)4(13)6(14)15/h3-4,6,9-11,13-15H,2H2,1H3. The summed E-state index contributed by atoms with van der Waals surface area (Å²) in [6.45, 7) is 1.52. The van der Waals surface area contributed by atoms with Crippen LogP contribution in [-0.2, 0) is 9.53 Å². The first-order valence-electron chi connectivity index (χ1n) is 4.12. The van der Waals surface area contributed by atoms with Crippen molar-refractivity contribution >= 4 is 43.9 Å². The number of thiol groups is 3. The van der Waals surface area contributed by atoms with Crippen molar-refractivity contribution in [3.63, 3.8) is 0 Å². The van der Waals surface area contributed by atoms with E-state index in [9.17, 15) is 4.79 Å². The number of carbonyl (C=O) groups excluding carboxylic acids is 1. The van der Waals surface area contributed by atoms with Crippen LogP contribution in [0.15, 0.2) is 0 Å². The Kier molecular flexibility index (Phi) is 6.38. The zero-order valence-electron chi connectivity index (χ0n) is 7.94. The summed E-state index contributed by atoms with van der Waals surface area (Å²) in [5, 5.41) is 25.5. The summed E-state index contributed by atoms with van der Waals surface area (Å²) in [5.41, 5.74) is 0. The molecule has 0 saturated heterocycles. The highest BCUT2D eigenvalue weighted by atomic mass is 32.2. The van der Waals surface area contributed by atoms with Gasteiger partial charge in [-0.1, -0.05) is 6.92 Å². The summed E-state index contributed by atoms with van der Waals surface area (Å²) in [7, 11) is 0. The second-order valence-electron chi connectivity index (χ2n) is 2.88. The zero-order valence-corrected chi connectivity index (χ0v) is 10.6. The number of rotatable bonds is 5. The van der Waals surface area contributed by atoms with E-state index in [0.29, 0.717) is 0 Å². The van der Waals surface area contributed by atoms with Gasteiger partial charge in [0.2, 0.25) is 0 Å². The maximum absolute atomic E-state index is 11.3. The molecule has 2 unspecified atom stereocenters. The Morgan fingerprint density at radius 2 is 1.80 bits per heavy atom. The van der Waals surface area contributed by atoms with Crippen LogP contribution >= 0.6 is 37.9 Å². The lowest BCUT2D eigenvalue weighted by Gasteiger charge is -2.26. The Labute approximate surface area is 104 Å². The molecule has 0 spiro atoms. The monoisotopic (exact) mass is 274 g/mol. The molecule has 0 aromatic carbocycles. The molecule has 0 aliphatic rings. The lowest BCUT2D eigenvalue weighted by Crippen LogP contribution is -2.45. The van der Waals surface area contributed by atoms with Crippen molar-refractivity contribution in [1.82, 2.24) is 0 Å². The minimum Gasteiger partial charge on any atom is -0.453 e. The Morgan fingerprint density at radius 3 is 2.07 bits per heavy atom. The SMILES string of the molecule is CCC(OC(=O)C(S)C(S)S)C(O)(O)O. The second-order valence-corrected chi connectivity index (χ2v) is 4.96. The van der Waals surface area contributed by atoms with E-state index < -0.39 is 27.9 Å². The van der Waals surface area contributed by atoms with Gasteiger partial charge in [-0.3, -0.25) is 4.79 Å². The maximum Gasteiger partial charge on any atom is 0.321 e. The third-order valence-corrected chi connectivity index (χ3v) is 3.16. The van der Waals surface area contributed by atoms with E-state index in [-0.39, 0.29) is 6.42 Å². The van der Waals surface area contributed by atoms with Crippen molar-refractivity contribution in [3.8, 4) is 0 Å². The van der Waals surface area contributed by atoms with Gasteiger partial charge < -0.3 is 20.1 Å². The molecule has 0 heterocycles. The van der Waals surface area contributed by atoms with Gasteiger partial charge in [-0.2, -0.15) is 37.9 Å². The van der Waals surface area contributed by atoms with Gasteiger partial charge in [0.25, 0.3) is 0 Å². The van der Waals surface area contributed by atoms with Crippen molar-refractivity contribution in [2.75, 3.05) is 0 Å². The zero-order chi connectivity index (χ0) is 12.2. The van der Waals surface area contributed by atoms with Crippen LogP contribution in [0.3, 0.4) is 0 Å². The van der Waals surface area contributed by atoms with Crippen LogP contribution in [0.25, 0.3) is 0 Å². The molecule has 0 rings (SSSR count). The molecule has 0 amide bonds. The highest BCUT2D eigenvalue weighted by Gasteiger charge is 2.36. The van der Waals surface area contributed by atoms with E-state index in [0.717, 1.165) is 0 Å². The molecule has 0 saturated carbocycles. The first-order chi connectivity index (χ1) is 6.70. The summed E-state index contributed by atoms with van der Waals surface area (Å²) in [6, 6.07) is 0. The predicted molar refractivity (Wildman–Crippen MR) is 64.1 cm³/mol. The van der Waals surface area contributed by atoms with Crippen LogP contribution in [0, 0.1) is 0 Å². The third kappa shape index (κ3) is 5.32. The molecule has 0 fully saturated rings. The summed E-state index contributed by atoms with van der Waals surface area (Å²) < 4.78 is 3.97. The molecule has 8 heteroatoms. The average Bonchev–Trinajstić information content (AvgIpc) is 2.10. The van der Waals surface area contributed by atoms with Crippen LogP contribution in [0.5, 0.6) is 0 Å². The number of hydrogen-bond donors (Lipinski definition) is 6. The van der Waals surface area contributed by atoms with E-state index >= 15 is 0 Å². The van der Waals surface area contributed by atoms with Crippen LogP contribution in [-0.4, -0.2) is 43.2 Å². The number of aliphatic hydroxyl groups is 3. The smallest absolute Gasteiger partial charge is 0.321 e. The Bertz CT molecular complexity index is 215. The molecular weight excluding hydrogens is 260 g/mol. The number of esters is 1.